The van der Waals surface area contributed by atoms with E-state index in [-0.39, 0.29) is 0 Å². The molecule has 1 aliphatic heterocycles. The van der Waals surface area contributed by atoms with Crippen LogP contribution in [0.4, 0.5) is 0 Å². The summed E-state index contributed by atoms with van der Waals surface area (Å²) in [5.41, 5.74) is 5.64. The average Bonchev–Trinajstić information content (AvgIpc) is 2.90. The maximum Gasteiger partial charge on any atom is 0.185 e. The van der Waals surface area contributed by atoms with Crippen LogP contribution in [0, 0.1) is 11.3 Å². The quantitative estimate of drug-likeness (QED) is 0.763. The second kappa shape index (κ2) is 3.99. The number of thiophene rings is 1. The highest BCUT2D eigenvalue weighted by Crippen LogP contribution is 2.46. The van der Waals surface area contributed by atoms with Crippen molar-refractivity contribution in [3.8, 4) is 6.07 Å². The number of hydrazine groups is 1. The minimum absolute atomic E-state index is 0.305. The second-order valence-corrected chi connectivity index (χ2v) is 8.14. The Morgan fingerprint density at radius 2 is 2.17 bits per heavy atom. The molecule has 1 aromatic heterocycles. The highest BCUT2D eigenvalue weighted by molar-refractivity contribution is 8.06. The molecule has 2 N–H and O–H groups in total. The van der Waals surface area contributed by atoms with E-state index in [2.05, 4.69) is 16.3 Å². The Labute approximate surface area is 113 Å². The number of hydrogen-bond acceptors (Lipinski definition) is 7. The summed E-state index contributed by atoms with van der Waals surface area (Å²) in [6.07, 6.45) is 2.70. The van der Waals surface area contributed by atoms with Gasteiger partial charge in [0.05, 0.1) is 4.91 Å². The van der Waals surface area contributed by atoms with Gasteiger partial charge in [-0.15, -0.1) is 11.3 Å². The van der Waals surface area contributed by atoms with Gasteiger partial charge < -0.3 is 5.43 Å². The van der Waals surface area contributed by atoms with E-state index < -0.39 is 9.84 Å². The van der Waals surface area contributed by atoms with Gasteiger partial charge >= 0.3 is 0 Å². The van der Waals surface area contributed by atoms with Crippen molar-refractivity contribution in [2.24, 2.45) is 0 Å². The molecule has 94 valence electrons. The minimum Gasteiger partial charge on any atom is -0.314 e. The highest BCUT2D eigenvalue weighted by Gasteiger charge is 2.33. The molecule has 2 heterocycles. The standard InChI is InChI=1S/C10H9N3O2S3/c1-18(14,15)10-8-5(7(4-11)16-10)2-3-6-9(8)17-13-12-6/h12-13H,2-3H2,1H3. The summed E-state index contributed by atoms with van der Waals surface area (Å²) >= 11 is 2.45. The van der Waals surface area contributed by atoms with Crippen LogP contribution in [0.2, 0.25) is 0 Å². The normalized spacial score (nSPS) is 18.0. The van der Waals surface area contributed by atoms with Gasteiger partial charge in [-0.05, 0) is 30.4 Å². The molecule has 0 saturated heterocycles. The second-order valence-electron chi connectivity index (χ2n) is 4.09. The van der Waals surface area contributed by atoms with Gasteiger partial charge in [0, 0.05) is 17.5 Å². The maximum atomic E-state index is 11.9. The summed E-state index contributed by atoms with van der Waals surface area (Å²) in [7, 11) is -3.31. The molecule has 0 bridgehead atoms. The maximum absolute atomic E-state index is 11.9. The fourth-order valence-electron chi connectivity index (χ4n) is 2.15. The van der Waals surface area contributed by atoms with Gasteiger partial charge in [0.15, 0.2) is 9.84 Å². The molecule has 5 nitrogen and oxygen atoms in total. The molecule has 0 radical (unpaired) electrons. The Morgan fingerprint density at radius 1 is 1.39 bits per heavy atom. The zero-order valence-corrected chi connectivity index (χ0v) is 11.9. The van der Waals surface area contributed by atoms with Gasteiger partial charge in [-0.2, -0.15) is 10.1 Å². The molecule has 0 amide bonds. The highest BCUT2D eigenvalue weighted by atomic mass is 32.2. The van der Waals surface area contributed by atoms with Crippen molar-refractivity contribution in [3.05, 3.63) is 21.7 Å². The van der Waals surface area contributed by atoms with Gasteiger partial charge in [0.1, 0.15) is 15.2 Å². The molecule has 1 aromatic rings. The largest absolute Gasteiger partial charge is 0.314 e. The van der Waals surface area contributed by atoms with E-state index in [0.717, 1.165) is 39.5 Å². The number of hydrogen-bond donors (Lipinski definition) is 2. The number of rotatable bonds is 1. The molecule has 2 aliphatic rings. The van der Waals surface area contributed by atoms with E-state index >= 15 is 0 Å². The zero-order valence-electron chi connectivity index (χ0n) is 9.40. The lowest BCUT2D eigenvalue weighted by molar-refractivity contribution is 0.603. The first-order valence-electron chi connectivity index (χ1n) is 5.19. The lowest BCUT2D eigenvalue weighted by atomic mass is 9.97. The molecular formula is C10H9N3O2S3. The number of fused-ring (bicyclic) bond motifs is 2. The van der Waals surface area contributed by atoms with Gasteiger partial charge in [-0.3, -0.25) is 0 Å². The Morgan fingerprint density at radius 3 is 2.83 bits per heavy atom. The van der Waals surface area contributed by atoms with Crippen LogP contribution >= 0.6 is 23.3 Å². The molecule has 0 aromatic carbocycles. The summed E-state index contributed by atoms with van der Waals surface area (Å²) in [6.45, 7) is 0. The molecule has 0 saturated carbocycles. The summed E-state index contributed by atoms with van der Waals surface area (Å²) in [6, 6.07) is 2.11. The molecule has 8 heteroatoms. The lowest BCUT2D eigenvalue weighted by Gasteiger charge is -2.14. The summed E-state index contributed by atoms with van der Waals surface area (Å²) < 4.78 is 24.0. The predicted octanol–water partition coefficient (Wildman–Crippen LogP) is 1.39. The third-order valence-electron chi connectivity index (χ3n) is 2.89. The molecule has 0 unspecified atom stereocenters. The number of nitrogens with zero attached hydrogens (tertiary/aromatic N) is 1. The van der Waals surface area contributed by atoms with Crippen molar-refractivity contribution in [2.45, 2.75) is 17.1 Å². The number of nitrogens with one attached hydrogen (secondary N) is 2. The SMILES string of the molecule is CS(=O)(=O)c1sc(C#N)c2c1C1=C(CC2)NNS1. The average molecular weight is 299 g/mol. The monoisotopic (exact) mass is 299 g/mol. The molecule has 1 aliphatic carbocycles. The van der Waals surface area contributed by atoms with Crippen LogP contribution in [-0.2, 0) is 16.3 Å². The minimum atomic E-state index is -3.31. The van der Waals surface area contributed by atoms with E-state index in [4.69, 9.17) is 5.26 Å². The van der Waals surface area contributed by atoms with Gasteiger partial charge in [-0.25, -0.2) is 8.42 Å². The van der Waals surface area contributed by atoms with Crippen LogP contribution in [0.1, 0.15) is 22.4 Å². The van der Waals surface area contributed by atoms with E-state index in [1.807, 2.05) is 0 Å². The first-order valence-corrected chi connectivity index (χ1v) is 8.72. The van der Waals surface area contributed by atoms with E-state index in [9.17, 15) is 8.42 Å². The van der Waals surface area contributed by atoms with E-state index in [0.29, 0.717) is 15.5 Å². The van der Waals surface area contributed by atoms with Crippen molar-refractivity contribution in [2.75, 3.05) is 6.26 Å². The molecule has 3 rings (SSSR count). The third-order valence-corrected chi connectivity index (χ3v) is 6.72. The number of nitriles is 1. The first-order chi connectivity index (χ1) is 8.52. The fraction of sp³-hybridized carbons (Fsp3) is 0.300. The molecule has 18 heavy (non-hydrogen) atoms. The summed E-state index contributed by atoms with van der Waals surface area (Å²) in [5, 5.41) is 9.12. The molecule has 0 atom stereocenters. The van der Waals surface area contributed by atoms with Crippen LogP contribution in [0.25, 0.3) is 4.91 Å². The Bertz CT molecular complexity index is 709. The van der Waals surface area contributed by atoms with Crippen molar-refractivity contribution >= 4 is 38.0 Å². The van der Waals surface area contributed by atoms with Crippen molar-refractivity contribution < 1.29 is 8.42 Å². The summed E-state index contributed by atoms with van der Waals surface area (Å²) in [5.74, 6) is 0. The van der Waals surface area contributed by atoms with Crippen molar-refractivity contribution in [3.63, 3.8) is 0 Å². The predicted molar refractivity (Wildman–Crippen MR) is 71.2 cm³/mol. The smallest absolute Gasteiger partial charge is 0.185 e. The van der Waals surface area contributed by atoms with E-state index in [1.165, 1.54) is 18.2 Å². The van der Waals surface area contributed by atoms with Crippen molar-refractivity contribution in [1.82, 2.24) is 10.3 Å². The molecule has 0 fully saturated rings. The molecular weight excluding hydrogens is 290 g/mol. The number of sulfone groups is 1. The van der Waals surface area contributed by atoms with Crippen molar-refractivity contribution in [1.29, 1.82) is 5.26 Å². The van der Waals surface area contributed by atoms with Crippen LogP contribution in [-0.4, -0.2) is 14.7 Å². The Kier molecular flexibility index (Phi) is 2.67. The molecule has 0 spiro atoms. The topological polar surface area (TPSA) is 82.0 Å². The fourth-order valence-corrected chi connectivity index (χ4v) is 5.49. The van der Waals surface area contributed by atoms with Crippen LogP contribution in [0.5, 0.6) is 0 Å². The van der Waals surface area contributed by atoms with Crippen LogP contribution in [0.15, 0.2) is 9.91 Å². The first kappa shape index (κ1) is 12.0. The Balaban J connectivity index is 2.34. The van der Waals surface area contributed by atoms with Gasteiger partial charge in [0.2, 0.25) is 0 Å². The Hall–Kier alpha value is -1.01. The third kappa shape index (κ3) is 1.66. The lowest BCUT2D eigenvalue weighted by Crippen LogP contribution is -2.19. The summed E-state index contributed by atoms with van der Waals surface area (Å²) in [4.78, 5) is 4.36. The van der Waals surface area contributed by atoms with Crippen LogP contribution in [0.3, 0.4) is 0 Å². The van der Waals surface area contributed by atoms with Gasteiger partial charge in [0.25, 0.3) is 0 Å². The number of allylic oxidation sites excluding steroid dienone is 1. The zero-order chi connectivity index (χ0) is 12.9. The van der Waals surface area contributed by atoms with Gasteiger partial charge in [-0.1, -0.05) is 0 Å². The van der Waals surface area contributed by atoms with Crippen LogP contribution < -0.4 is 10.3 Å². The van der Waals surface area contributed by atoms with E-state index in [1.54, 1.807) is 0 Å².